The van der Waals surface area contributed by atoms with Crippen LogP contribution >= 0.6 is 11.3 Å². The first-order valence-corrected chi connectivity index (χ1v) is 11.7. The molecule has 170 valence electrons. The molecule has 0 amide bonds. The molecule has 1 saturated heterocycles. The zero-order valence-electron chi connectivity index (χ0n) is 19.1. The van der Waals surface area contributed by atoms with Gasteiger partial charge in [0.25, 0.3) is 0 Å². The van der Waals surface area contributed by atoms with Crippen molar-refractivity contribution in [2.24, 2.45) is 4.99 Å². The number of aromatic nitrogens is 1. The lowest BCUT2D eigenvalue weighted by Crippen LogP contribution is -2.38. The van der Waals surface area contributed by atoms with Crippen LogP contribution < -0.4 is 15.4 Å². The zero-order valence-corrected chi connectivity index (χ0v) is 19.9. The van der Waals surface area contributed by atoms with Crippen LogP contribution in [-0.4, -0.2) is 62.3 Å². The Hall–Kier alpha value is -2.16. The fraction of sp³-hybridized carbons (Fsp3) is 0.565. The lowest BCUT2D eigenvalue weighted by molar-refractivity contribution is 0.0392. The highest BCUT2D eigenvalue weighted by Gasteiger charge is 2.18. The van der Waals surface area contributed by atoms with E-state index in [2.05, 4.69) is 51.6 Å². The number of hydrogen-bond donors (Lipinski definition) is 2. The van der Waals surface area contributed by atoms with Gasteiger partial charge in [0.15, 0.2) is 5.96 Å². The molecule has 0 saturated carbocycles. The Morgan fingerprint density at radius 2 is 2.03 bits per heavy atom. The number of ether oxygens (including phenoxy) is 2. The molecule has 0 unspecified atom stereocenters. The molecule has 7 nitrogen and oxygen atoms in total. The van der Waals surface area contributed by atoms with Crippen molar-refractivity contribution >= 4 is 17.3 Å². The van der Waals surface area contributed by atoms with Crippen LogP contribution in [-0.2, 0) is 17.8 Å². The highest BCUT2D eigenvalue weighted by Crippen LogP contribution is 2.17. The first kappa shape index (κ1) is 23.5. The van der Waals surface area contributed by atoms with Crippen molar-refractivity contribution in [2.45, 2.75) is 45.8 Å². The minimum atomic E-state index is 0.601. The summed E-state index contributed by atoms with van der Waals surface area (Å²) in [5, 5.41) is 7.76. The fourth-order valence-corrected chi connectivity index (χ4v) is 4.42. The monoisotopic (exact) mass is 445 g/mol. The van der Waals surface area contributed by atoms with Crippen molar-refractivity contribution in [1.82, 2.24) is 20.5 Å². The molecule has 2 N–H and O–H groups in total. The van der Waals surface area contributed by atoms with Crippen molar-refractivity contribution in [2.75, 3.05) is 40.5 Å². The molecule has 0 radical (unpaired) electrons. The van der Waals surface area contributed by atoms with Gasteiger partial charge in [-0.1, -0.05) is 12.1 Å². The second-order valence-electron chi connectivity index (χ2n) is 7.85. The standard InChI is InChI=1S/C23H35N5O2S/c1-17-18(2)31-22(27-17)16-26-23(24-3)25-15-19-6-5-7-21(14-19)30-13-10-28(4)20-8-11-29-12-9-20/h5-7,14,20H,8-13,15-16H2,1-4H3,(H2,24,25,26). The van der Waals surface area contributed by atoms with Crippen molar-refractivity contribution in [3.05, 3.63) is 45.4 Å². The van der Waals surface area contributed by atoms with E-state index in [-0.39, 0.29) is 0 Å². The predicted octanol–water partition coefficient (Wildman–Crippen LogP) is 3.11. The quantitative estimate of drug-likeness (QED) is 0.457. The van der Waals surface area contributed by atoms with Gasteiger partial charge < -0.3 is 20.1 Å². The van der Waals surface area contributed by atoms with E-state index in [0.717, 1.165) is 60.6 Å². The average Bonchev–Trinajstić information content (AvgIpc) is 3.12. The molecule has 1 aliphatic heterocycles. The molecule has 8 heteroatoms. The highest BCUT2D eigenvalue weighted by atomic mass is 32.1. The van der Waals surface area contributed by atoms with E-state index in [1.807, 2.05) is 19.1 Å². The van der Waals surface area contributed by atoms with Crippen LogP contribution in [0, 0.1) is 13.8 Å². The van der Waals surface area contributed by atoms with Crippen LogP contribution in [0.3, 0.4) is 0 Å². The number of nitrogens with one attached hydrogen (secondary N) is 2. The van der Waals surface area contributed by atoms with Crippen LogP contribution in [0.25, 0.3) is 0 Å². The largest absolute Gasteiger partial charge is 0.492 e. The normalized spacial score (nSPS) is 15.3. The van der Waals surface area contributed by atoms with Crippen molar-refractivity contribution in [3.8, 4) is 5.75 Å². The fourth-order valence-electron chi connectivity index (χ4n) is 3.54. The van der Waals surface area contributed by atoms with Crippen LogP contribution in [0.2, 0.25) is 0 Å². The molecule has 0 bridgehead atoms. The summed E-state index contributed by atoms with van der Waals surface area (Å²) in [7, 11) is 3.95. The molecule has 1 aromatic heterocycles. The molecular weight excluding hydrogens is 410 g/mol. The van der Waals surface area contributed by atoms with Gasteiger partial charge in [0.2, 0.25) is 0 Å². The minimum absolute atomic E-state index is 0.601. The topological polar surface area (TPSA) is 71.0 Å². The van der Waals surface area contributed by atoms with Gasteiger partial charge in [-0.15, -0.1) is 11.3 Å². The van der Waals surface area contributed by atoms with Gasteiger partial charge in [-0.2, -0.15) is 0 Å². The van der Waals surface area contributed by atoms with E-state index in [9.17, 15) is 0 Å². The summed E-state index contributed by atoms with van der Waals surface area (Å²) in [6.45, 7) is 8.82. The predicted molar refractivity (Wildman–Crippen MR) is 127 cm³/mol. The third-order valence-corrected chi connectivity index (χ3v) is 6.66. The summed E-state index contributed by atoms with van der Waals surface area (Å²) in [6.07, 6.45) is 2.21. The Bertz CT molecular complexity index is 829. The lowest BCUT2D eigenvalue weighted by atomic mass is 10.1. The summed E-state index contributed by atoms with van der Waals surface area (Å²) >= 11 is 1.72. The lowest BCUT2D eigenvalue weighted by Gasteiger charge is -2.31. The zero-order chi connectivity index (χ0) is 22.1. The van der Waals surface area contributed by atoms with Gasteiger partial charge in [0.05, 0.1) is 12.2 Å². The van der Waals surface area contributed by atoms with E-state index >= 15 is 0 Å². The summed E-state index contributed by atoms with van der Waals surface area (Å²) in [5.41, 5.74) is 2.25. The molecule has 1 fully saturated rings. The second kappa shape index (κ2) is 12.0. The molecule has 2 heterocycles. The maximum absolute atomic E-state index is 6.01. The number of aryl methyl sites for hydroxylation is 2. The van der Waals surface area contributed by atoms with Crippen molar-refractivity contribution in [3.63, 3.8) is 0 Å². The third kappa shape index (κ3) is 7.48. The third-order valence-electron chi connectivity index (χ3n) is 5.59. The number of guanidine groups is 1. The van der Waals surface area contributed by atoms with Gasteiger partial charge in [0.1, 0.15) is 17.4 Å². The van der Waals surface area contributed by atoms with Crippen LogP contribution in [0.4, 0.5) is 0 Å². The average molecular weight is 446 g/mol. The Kier molecular flexibility index (Phi) is 9.12. The summed E-state index contributed by atoms with van der Waals surface area (Å²) in [5.74, 6) is 1.66. The molecule has 2 aromatic rings. The van der Waals surface area contributed by atoms with E-state index in [0.29, 0.717) is 25.7 Å². The Balaban J connectivity index is 1.41. The van der Waals surface area contributed by atoms with Gasteiger partial charge in [0, 0.05) is 44.3 Å². The molecule has 31 heavy (non-hydrogen) atoms. The summed E-state index contributed by atoms with van der Waals surface area (Å²) in [6, 6.07) is 8.82. The summed E-state index contributed by atoms with van der Waals surface area (Å²) in [4.78, 5) is 12.5. The maximum atomic E-state index is 6.01. The van der Waals surface area contributed by atoms with Crippen LogP contribution in [0.5, 0.6) is 5.75 Å². The number of benzene rings is 1. The number of aliphatic imine (C=N–C) groups is 1. The van der Waals surface area contributed by atoms with Gasteiger partial charge in [-0.05, 0) is 51.4 Å². The molecule has 0 atom stereocenters. The smallest absolute Gasteiger partial charge is 0.191 e. The van der Waals surface area contributed by atoms with E-state index in [1.165, 1.54) is 4.88 Å². The SMILES string of the molecule is CN=C(NCc1cccc(OCCN(C)C2CCOCC2)c1)NCc1nc(C)c(C)s1. The first-order valence-electron chi connectivity index (χ1n) is 10.9. The maximum Gasteiger partial charge on any atom is 0.191 e. The van der Waals surface area contributed by atoms with E-state index in [4.69, 9.17) is 9.47 Å². The molecule has 3 rings (SSSR count). The van der Waals surface area contributed by atoms with Gasteiger partial charge in [-0.3, -0.25) is 9.89 Å². The summed E-state index contributed by atoms with van der Waals surface area (Å²) < 4.78 is 11.5. The van der Waals surface area contributed by atoms with E-state index < -0.39 is 0 Å². The Morgan fingerprint density at radius 1 is 1.26 bits per heavy atom. The second-order valence-corrected chi connectivity index (χ2v) is 9.14. The molecule has 0 spiro atoms. The van der Waals surface area contributed by atoms with Gasteiger partial charge in [-0.25, -0.2) is 4.98 Å². The number of likely N-dealkylation sites (N-methyl/N-ethyl adjacent to an activating group) is 1. The number of nitrogens with zero attached hydrogens (tertiary/aromatic N) is 3. The molecule has 0 aliphatic carbocycles. The Labute approximate surface area is 189 Å². The highest BCUT2D eigenvalue weighted by molar-refractivity contribution is 7.11. The van der Waals surface area contributed by atoms with Crippen LogP contribution in [0.1, 0.15) is 34.0 Å². The Morgan fingerprint density at radius 3 is 2.74 bits per heavy atom. The van der Waals surface area contributed by atoms with E-state index in [1.54, 1.807) is 18.4 Å². The van der Waals surface area contributed by atoms with Crippen molar-refractivity contribution < 1.29 is 9.47 Å². The molecule has 1 aliphatic rings. The molecular formula is C23H35N5O2S. The molecule has 1 aromatic carbocycles. The number of hydrogen-bond acceptors (Lipinski definition) is 6. The van der Waals surface area contributed by atoms with Crippen molar-refractivity contribution in [1.29, 1.82) is 0 Å². The number of rotatable bonds is 9. The van der Waals surface area contributed by atoms with Gasteiger partial charge >= 0.3 is 0 Å². The van der Waals surface area contributed by atoms with Crippen LogP contribution in [0.15, 0.2) is 29.3 Å². The minimum Gasteiger partial charge on any atom is -0.492 e. The number of thiazole rings is 1. The first-order chi connectivity index (χ1) is 15.0.